The van der Waals surface area contributed by atoms with E-state index < -0.39 is 0 Å². The van der Waals surface area contributed by atoms with Crippen molar-refractivity contribution in [1.82, 2.24) is 0 Å². The molecule has 1 aliphatic heterocycles. The standard InChI is InChI=1S/C12H11ClN2O/c1-8-9(7-14)5-12(16)15(8)11-4-2-3-10(13)6-11/h2-4,6,8-9H,5H2,1H3. The fraction of sp³-hybridized carbons (Fsp3) is 0.333. The zero-order valence-corrected chi connectivity index (χ0v) is 9.61. The number of hydrogen-bond donors (Lipinski definition) is 0. The molecule has 16 heavy (non-hydrogen) atoms. The minimum absolute atomic E-state index is 0.0127. The lowest BCUT2D eigenvalue weighted by Gasteiger charge is -2.22. The molecule has 82 valence electrons. The molecule has 0 N–H and O–H groups in total. The minimum Gasteiger partial charge on any atom is -0.308 e. The molecule has 2 rings (SSSR count). The SMILES string of the molecule is CC1C(C#N)CC(=O)N1c1cccc(Cl)c1. The molecule has 1 aliphatic rings. The third kappa shape index (κ3) is 1.77. The number of carbonyl (C=O) groups excluding carboxylic acids is 1. The first-order chi connectivity index (χ1) is 7.63. The molecule has 1 aromatic rings. The van der Waals surface area contributed by atoms with Gasteiger partial charge >= 0.3 is 0 Å². The van der Waals surface area contributed by atoms with Crippen LogP contribution in [-0.4, -0.2) is 11.9 Å². The predicted molar refractivity (Wildman–Crippen MR) is 62.1 cm³/mol. The average molecular weight is 235 g/mol. The Balaban J connectivity index is 2.35. The molecule has 1 heterocycles. The molecule has 0 spiro atoms. The van der Waals surface area contributed by atoms with E-state index in [2.05, 4.69) is 6.07 Å². The largest absolute Gasteiger partial charge is 0.308 e. The van der Waals surface area contributed by atoms with Crippen LogP contribution in [0.3, 0.4) is 0 Å². The van der Waals surface area contributed by atoms with Crippen LogP contribution in [0, 0.1) is 17.2 Å². The van der Waals surface area contributed by atoms with E-state index in [-0.39, 0.29) is 17.9 Å². The number of carbonyl (C=O) groups is 1. The van der Waals surface area contributed by atoms with Crippen LogP contribution in [0.4, 0.5) is 5.69 Å². The zero-order valence-electron chi connectivity index (χ0n) is 8.85. The van der Waals surface area contributed by atoms with E-state index in [1.54, 1.807) is 23.1 Å². The normalized spacial score (nSPS) is 24.6. The molecule has 2 atom stereocenters. The Kier molecular flexibility index (Phi) is 2.84. The molecule has 2 unspecified atom stereocenters. The van der Waals surface area contributed by atoms with Crippen LogP contribution in [0.5, 0.6) is 0 Å². The van der Waals surface area contributed by atoms with Crippen LogP contribution in [0.2, 0.25) is 5.02 Å². The Morgan fingerprint density at radius 1 is 1.56 bits per heavy atom. The Bertz CT molecular complexity index is 466. The zero-order chi connectivity index (χ0) is 11.7. The van der Waals surface area contributed by atoms with Gasteiger partial charge in [-0.1, -0.05) is 17.7 Å². The number of amides is 1. The summed E-state index contributed by atoms with van der Waals surface area (Å²) in [4.78, 5) is 13.5. The molecule has 4 heteroatoms. The third-order valence-electron chi connectivity index (χ3n) is 2.91. The second-order valence-electron chi connectivity index (χ2n) is 3.92. The van der Waals surface area contributed by atoms with Crippen molar-refractivity contribution in [2.45, 2.75) is 19.4 Å². The molecule has 0 aromatic heterocycles. The summed E-state index contributed by atoms with van der Waals surface area (Å²) < 4.78 is 0. The third-order valence-corrected chi connectivity index (χ3v) is 3.14. The highest BCUT2D eigenvalue weighted by atomic mass is 35.5. The smallest absolute Gasteiger partial charge is 0.228 e. The van der Waals surface area contributed by atoms with E-state index in [0.29, 0.717) is 11.4 Å². The number of halogens is 1. The van der Waals surface area contributed by atoms with Gasteiger partial charge < -0.3 is 4.90 Å². The first kappa shape index (κ1) is 11.0. The minimum atomic E-state index is -0.230. The maximum atomic E-state index is 11.8. The predicted octanol–water partition coefficient (Wildman–Crippen LogP) is 2.60. The van der Waals surface area contributed by atoms with Crippen molar-refractivity contribution in [1.29, 1.82) is 5.26 Å². The number of anilines is 1. The van der Waals surface area contributed by atoms with Gasteiger partial charge in [-0.3, -0.25) is 4.79 Å². The molecule has 0 saturated carbocycles. The molecular weight excluding hydrogens is 224 g/mol. The molecule has 1 aromatic carbocycles. The van der Waals surface area contributed by atoms with Crippen LogP contribution in [0.25, 0.3) is 0 Å². The topological polar surface area (TPSA) is 44.1 Å². The summed E-state index contributed by atoms with van der Waals surface area (Å²) in [6.07, 6.45) is 0.296. The van der Waals surface area contributed by atoms with Gasteiger partial charge in [-0.2, -0.15) is 5.26 Å². The number of hydrogen-bond acceptors (Lipinski definition) is 2. The van der Waals surface area contributed by atoms with E-state index in [1.807, 2.05) is 13.0 Å². The molecule has 1 amide bonds. The van der Waals surface area contributed by atoms with Gasteiger partial charge in [0.15, 0.2) is 0 Å². The van der Waals surface area contributed by atoms with E-state index in [4.69, 9.17) is 16.9 Å². The second-order valence-corrected chi connectivity index (χ2v) is 4.36. The van der Waals surface area contributed by atoms with Gasteiger partial charge in [0.25, 0.3) is 0 Å². The van der Waals surface area contributed by atoms with Crippen LogP contribution in [0.1, 0.15) is 13.3 Å². The van der Waals surface area contributed by atoms with Crippen molar-refractivity contribution < 1.29 is 4.79 Å². The number of nitriles is 1. The maximum absolute atomic E-state index is 11.8. The van der Waals surface area contributed by atoms with Crippen LogP contribution in [0.15, 0.2) is 24.3 Å². The first-order valence-corrected chi connectivity index (χ1v) is 5.48. The van der Waals surface area contributed by atoms with E-state index in [1.165, 1.54) is 0 Å². The van der Waals surface area contributed by atoms with E-state index >= 15 is 0 Å². The van der Waals surface area contributed by atoms with Crippen molar-refractivity contribution in [3.63, 3.8) is 0 Å². The lowest BCUT2D eigenvalue weighted by atomic mass is 10.0. The van der Waals surface area contributed by atoms with Gasteiger partial charge in [0.2, 0.25) is 5.91 Å². The van der Waals surface area contributed by atoms with Crippen LogP contribution in [-0.2, 0) is 4.79 Å². The lowest BCUT2D eigenvalue weighted by molar-refractivity contribution is -0.117. The van der Waals surface area contributed by atoms with Crippen LogP contribution < -0.4 is 4.90 Å². The molecule has 0 bridgehead atoms. The monoisotopic (exact) mass is 234 g/mol. The molecular formula is C12H11ClN2O. The van der Waals surface area contributed by atoms with E-state index in [9.17, 15) is 4.79 Å². The highest BCUT2D eigenvalue weighted by Gasteiger charge is 2.37. The Hall–Kier alpha value is -1.53. The summed E-state index contributed by atoms with van der Waals surface area (Å²) in [5, 5.41) is 9.51. The van der Waals surface area contributed by atoms with Crippen LogP contribution >= 0.6 is 11.6 Å². The Morgan fingerprint density at radius 3 is 2.88 bits per heavy atom. The van der Waals surface area contributed by atoms with Crippen molar-refractivity contribution in [3.05, 3.63) is 29.3 Å². The maximum Gasteiger partial charge on any atom is 0.228 e. The van der Waals surface area contributed by atoms with Gasteiger partial charge in [0, 0.05) is 17.1 Å². The summed E-state index contributed by atoms with van der Waals surface area (Å²) >= 11 is 5.89. The van der Waals surface area contributed by atoms with Crippen molar-refractivity contribution >= 4 is 23.2 Å². The summed E-state index contributed by atoms with van der Waals surface area (Å²) in [5.74, 6) is -0.243. The Morgan fingerprint density at radius 2 is 2.31 bits per heavy atom. The summed E-state index contributed by atoms with van der Waals surface area (Å²) in [7, 11) is 0. The Labute approximate surface area is 99.2 Å². The molecule has 0 aliphatic carbocycles. The first-order valence-electron chi connectivity index (χ1n) is 5.10. The number of rotatable bonds is 1. The average Bonchev–Trinajstić information content (AvgIpc) is 2.53. The van der Waals surface area contributed by atoms with Gasteiger partial charge in [0.1, 0.15) is 0 Å². The second kappa shape index (κ2) is 4.15. The van der Waals surface area contributed by atoms with Gasteiger partial charge in [0.05, 0.1) is 18.0 Å². The highest BCUT2D eigenvalue weighted by molar-refractivity contribution is 6.30. The van der Waals surface area contributed by atoms with Gasteiger partial charge in [-0.15, -0.1) is 0 Å². The van der Waals surface area contributed by atoms with Gasteiger partial charge in [-0.05, 0) is 25.1 Å². The van der Waals surface area contributed by atoms with Crippen molar-refractivity contribution in [2.75, 3.05) is 4.90 Å². The van der Waals surface area contributed by atoms with E-state index in [0.717, 1.165) is 5.69 Å². The fourth-order valence-corrected chi connectivity index (χ4v) is 2.21. The molecule has 1 saturated heterocycles. The van der Waals surface area contributed by atoms with Crippen molar-refractivity contribution in [3.8, 4) is 6.07 Å². The molecule has 3 nitrogen and oxygen atoms in total. The number of benzene rings is 1. The molecule has 0 radical (unpaired) electrons. The summed E-state index contributed by atoms with van der Waals surface area (Å²) in [6.45, 7) is 1.89. The summed E-state index contributed by atoms with van der Waals surface area (Å²) in [6, 6.07) is 9.22. The fourth-order valence-electron chi connectivity index (χ4n) is 2.02. The van der Waals surface area contributed by atoms with Gasteiger partial charge in [-0.25, -0.2) is 0 Å². The lowest BCUT2D eigenvalue weighted by Crippen LogP contribution is -2.32. The summed E-state index contributed by atoms with van der Waals surface area (Å²) in [5.41, 5.74) is 0.766. The quantitative estimate of drug-likeness (QED) is 0.750. The molecule has 1 fully saturated rings. The highest BCUT2D eigenvalue weighted by Crippen LogP contribution is 2.31. The number of nitrogens with zero attached hydrogens (tertiary/aromatic N) is 2. The van der Waals surface area contributed by atoms with Crippen molar-refractivity contribution in [2.24, 2.45) is 5.92 Å².